The van der Waals surface area contributed by atoms with E-state index in [0.29, 0.717) is 12.2 Å². The second kappa shape index (κ2) is 7.17. The molecule has 0 atom stereocenters. The molecule has 128 valence electrons. The van der Waals surface area contributed by atoms with Gasteiger partial charge in [-0.3, -0.25) is 9.69 Å². The molecule has 6 heteroatoms. The topological polar surface area (TPSA) is 65.6 Å². The van der Waals surface area contributed by atoms with E-state index in [-0.39, 0.29) is 17.9 Å². The average molecular weight is 321 g/mol. The molecule has 1 aromatic heterocycles. The Labute approximate surface area is 137 Å². The zero-order chi connectivity index (χ0) is 17.0. The molecule has 0 saturated carbocycles. The van der Waals surface area contributed by atoms with Crippen molar-refractivity contribution in [2.24, 2.45) is 0 Å². The van der Waals surface area contributed by atoms with Crippen LogP contribution in [0.5, 0.6) is 0 Å². The Morgan fingerprint density at radius 1 is 1.35 bits per heavy atom. The Kier molecular flexibility index (Phi) is 5.46. The number of hydrogen-bond acceptors (Lipinski definition) is 4. The van der Waals surface area contributed by atoms with E-state index in [1.54, 1.807) is 24.2 Å². The molecule has 1 fully saturated rings. The number of carbonyl (C=O) groups excluding carboxylic acids is 2. The van der Waals surface area contributed by atoms with Crippen molar-refractivity contribution in [2.75, 3.05) is 26.7 Å². The van der Waals surface area contributed by atoms with Crippen molar-refractivity contribution in [3.63, 3.8) is 0 Å². The van der Waals surface area contributed by atoms with Gasteiger partial charge in [-0.2, -0.15) is 0 Å². The van der Waals surface area contributed by atoms with Crippen molar-refractivity contribution in [2.45, 2.75) is 45.3 Å². The van der Waals surface area contributed by atoms with Crippen LogP contribution in [0.2, 0.25) is 0 Å². The normalized spacial score (nSPS) is 17.0. The lowest BCUT2D eigenvalue weighted by Gasteiger charge is -2.36. The first-order valence-corrected chi connectivity index (χ1v) is 8.11. The molecular weight excluding hydrogens is 294 g/mol. The van der Waals surface area contributed by atoms with Crippen LogP contribution >= 0.6 is 0 Å². The van der Waals surface area contributed by atoms with Gasteiger partial charge in [-0.25, -0.2) is 4.79 Å². The molecule has 0 radical (unpaired) electrons. The molecule has 0 aromatic carbocycles. The summed E-state index contributed by atoms with van der Waals surface area (Å²) in [4.78, 5) is 31.0. The van der Waals surface area contributed by atoms with Crippen molar-refractivity contribution < 1.29 is 14.3 Å². The molecule has 23 heavy (non-hydrogen) atoms. The maximum Gasteiger partial charge on any atom is 0.410 e. The van der Waals surface area contributed by atoms with Crippen molar-refractivity contribution >= 4 is 11.9 Å². The predicted octanol–water partition coefficient (Wildman–Crippen LogP) is 2.53. The highest BCUT2D eigenvalue weighted by Crippen LogP contribution is 2.18. The van der Waals surface area contributed by atoms with Gasteiger partial charge in [-0.15, -0.1) is 0 Å². The largest absolute Gasteiger partial charge is 0.444 e. The van der Waals surface area contributed by atoms with Crippen LogP contribution in [-0.4, -0.2) is 65.0 Å². The third-order valence-electron chi connectivity index (χ3n) is 4.05. The fourth-order valence-corrected chi connectivity index (χ4v) is 2.74. The molecule has 6 nitrogen and oxygen atoms in total. The van der Waals surface area contributed by atoms with Crippen LogP contribution in [0.15, 0.2) is 18.3 Å². The summed E-state index contributed by atoms with van der Waals surface area (Å²) < 4.78 is 5.41. The van der Waals surface area contributed by atoms with Crippen LogP contribution in [0.25, 0.3) is 0 Å². The van der Waals surface area contributed by atoms with Gasteiger partial charge in [0.05, 0.1) is 12.2 Å². The molecule has 2 rings (SSSR count). The Morgan fingerprint density at radius 3 is 2.52 bits per heavy atom. The van der Waals surface area contributed by atoms with E-state index < -0.39 is 5.60 Å². The number of ether oxygens (including phenoxy) is 1. The van der Waals surface area contributed by atoms with Crippen LogP contribution in [0.4, 0.5) is 4.79 Å². The van der Waals surface area contributed by atoms with Crippen molar-refractivity contribution in [3.8, 4) is 0 Å². The Balaban J connectivity index is 1.79. The van der Waals surface area contributed by atoms with Crippen molar-refractivity contribution in [1.29, 1.82) is 0 Å². The minimum absolute atomic E-state index is 0.106. The van der Waals surface area contributed by atoms with Gasteiger partial charge in [-0.1, -0.05) is 0 Å². The van der Waals surface area contributed by atoms with E-state index in [4.69, 9.17) is 4.74 Å². The average Bonchev–Trinajstić information content (AvgIpc) is 3.00. The molecule has 1 aromatic rings. The number of rotatable bonds is 4. The fourth-order valence-electron chi connectivity index (χ4n) is 2.74. The number of aromatic nitrogens is 1. The minimum atomic E-state index is -0.478. The first-order valence-electron chi connectivity index (χ1n) is 8.11. The fraction of sp³-hybridized carbons (Fsp3) is 0.647. The summed E-state index contributed by atoms with van der Waals surface area (Å²) in [6, 6.07) is 3.79. The number of ketones is 1. The lowest BCUT2D eigenvalue weighted by molar-refractivity contribution is 0.0152. The van der Waals surface area contributed by atoms with Gasteiger partial charge in [0, 0.05) is 32.4 Å². The number of hydrogen-bond donors (Lipinski definition) is 1. The highest BCUT2D eigenvalue weighted by Gasteiger charge is 2.29. The summed E-state index contributed by atoms with van der Waals surface area (Å²) >= 11 is 0. The summed E-state index contributed by atoms with van der Waals surface area (Å²) in [5, 5.41) is 0. The molecule has 2 heterocycles. The second-order valence-electron chi connectivity index (χ2n) is 7.11. The smallest absolute Gasteiger partial charge is 0.410 e. The van der Waals surface area contributed by atoms with E-state index in [0.717, 1.165) is 25.9 Å². The maximum absolute atomic E-state index is 12.1. The molecule has 1 saturated heterocycles. The number of amides is 1. The highest BCUT2D eigenvalue weighted by molar-refractivity contribution is 5.95. The van der Waals surface area contributed by atoms with E-state index in [1.165, 1.54) is 0 Å². The quantitative estimate of drug-likeness (QED) is 0.866. The van der Waals surface area contributed by atoms with Crippen molar-refractivity contribution in [1.82, 2.24) is 14.8 Å². The van der Waals surface area contributed by atoms with Gasteiger partial charge in [0.15, 0.2) is 5.78 Å². The highest BCUT2D eigenvalue weighted by atomic mass is 16.6. The van der Waals surface area contributed by atoms with Crippen LogP contribution in [0, 0.1) is 0 Å². The monoisotopic (exact) mass is 321 g/mol. The van der Waals surface area contributed by atoms with Crippen LogP contribution in [0.1, 0.15) is 44.1 Å². The lowest BCUT2D eigenvalue weighted by Crippen LogP contribution is -2.47. The Hall–Kier alpha value is -1.82. The van der Waals surface area contributed by atoms with E-state index in [2.05, 4.69) is 9.88 Å². The standard InChI is InChI=1S/C17H27N3O3/c1-17(2,3)23-16(22)19(4)13-7-10-20(11-8-13)12-15(21)14-6-5-9-18-14/h5-6,9,13,18H,7-8,10-12H2,1-4H3. The SMILES string of the molecule is CN(C(=O)OC(C)(C)C)C1CCN(CC(=O)c2ccc[nH]2)CC1. The third-order valence-corrected chi connectivity index (χ3v) is 4.05. The lowest BCUT2D eigenvalue weighted by atomic mass is 10.0. The van der Waals surface area contributed by atoms with E-state index in [9.17, 15) is 9.59 Å². The Bertz CT molecular complexity index is 526. The molecule has 1 N–H and O–H groups in total. The first kappa shape index (κ1) is 17.5. The Morgan fingerprint density at radius 2 is 2.00 bits per heavy atom. The molecule has 0 spiro atoms. The molecule has 0 bridgehead atoms. The number of nitrogens with one attached hydrogen (secondary N) is 1. The zero-order valence-corrected chi connectivity index (χ0v) is 14.5. The molecule has 0 unspecified atom stereocenters. The van der Waals surface area contributed by atoms with Crippen LogP contribution < -0.4 is 0 Å². The molecule has 1 amide bonds. The number of piperidine rings is 1. The number of H-pyrrole nitrogens is 1. The van der Waals surface area contributed by atoms with E-state index in [1.807, 2.05) is 26.8 Å². The van der Waals surface area contributed by atoms with E-state index >= 15 is 0 Å². The zero-order valence-electron chi connectivity index (χ0n) is 14.5. The minimum Gasteiger partial charge on any atom is -0.444 e. The van der Waals surface area contributed by atoms with Crippen LogP contribution in [-0.2, 0) is 4.74 Å². The van der Waals surface area contributed by atoms with Crippen molar-refractivity contribution in [3.05, 3.63) is 24.0 Å². The summed E-state index contributed by atoms with van der Waals surface area (Å²) in [5.74, 6) is 0.106. The third kappa shape index (κ3) is 5.10. The number of likely N-dealkylation sites (tertiary alicyclic amines) is 1. The maximum atomic E-state index is 12.1. The van der Waals surface area contributed by atoms with Gasteiger partial charge in [0.25, 0.3) is 0 Å². The number of aromatic amines is 1. The number of Topliss-reactive ketones (excluding diaryl/α,β-unsaturated/α-hetero) is 1. The summed E-state index contributed by atoms with van der Waals surface area (Å²) in [6.45, 7) is 7.65. The predicted molar refractivity (Wildman–Crippen MR) is 88.6 cm³/mol. The van der Waals surface area contributed by atoms with Crippen LogP contribution in [0.3, 0.4) is 0 Å². The summed E-state index contributed by atoms with van der Waals surface area (Å²) in [6.07, 6.45) is 3.19. The number of carbonyl (C=O) groups is 2. The molecule has 1 aliphatic rings. The second-order valence-corrected chi connectivity index (χ2v) is 7.11. The van der Waals surface area contributed by atoms with Gasteiger partial charge >= 0.3 is 6.09 Å². The summed E-state index contributed by atoms with van der Waals surface area (Å²) in [5.41, 5.74) is 0.173. The van der Waals surface area contributed by atoms with Gasteiger partial charge in [-0.05, 0) is 45.7 Å². The van der Waals surface area contributed by atoms with Gasteiger partial charge < -0.3 is 14.6 Å². The molecule has 1 aliphatic heterocycles. The summed E-state index contributed by atoms with van der Waals surface area (Å²) in [7, 11) is 1.79. The first-order chi connectivity index (χ1) is 10.8. The molecular formula is C17H27N3O3. The van der Waals surface area contributed by atoms with Gasteiger partial charge in [0.2, 0.25) is 0 Å². The van der Waals surface area contributed by atoms with Gasteiger partial charge in [0.1, 0.15) is 5.60 Å². The number of nitrogens with zero attached hydrogens (tertiary/aromatic N) is 2. The molecule has 0 aliphatic carbocycles.